The molecule has 0 amide bonds. The topological polar surface area (TPSA) is 47.3 Å². The SMILES string of the molecule is CCOc1cc(N)cc(Nc2cc(C)ccc2C)c1. The van der Waals surface area contributed by atoms with Crippen LogP contribution in [-0.4, -0.2) is 6.61 Å². The summed E-state index contributed by atoms with van der Waals surface area (Å²) in [5, 5.41) is 3.39. The number of hydrogen-bond acceptors (Lipinski definition) is 3. The van der Waals surface area contributed by atoms with Gasteiger partial charge >= 0.3 is 0 Å². The van der Waals surface area contributed by atoms with E-state index in [1.54, 1.807) is 0 Å². The van der Waals surface area contributed by atoms with Crippen LogP contribution in [0.5, 0.6) is 5.75 Å². The molecule has 0 saturated carbocycles. The van der Waals surface area contributed by atoms with E-state index in [2.05, 4.69) is 37.4 Å². The molecule has 0 atom stereocenters. The van der Waals surface area contributed by atoms with Crippen molar-refractivity contribution in [2.75, 3.05) is 17.7 Å². The second kappa shape index (κ2) is 5.65. The van der Waals surface area contributed by atoms with Gasteiger partial charge in [0.2, 0.25) is 0 Å². The fraction of sp³-hybridized carbons (Fsp3) is 0.250. The van der Waals surface area contributed by atoms with Crippen molar-refractivity contribution in [2.45, 2.75) is 20.8 Å². The Labute approximate surface area is 114 Å². The van der Waals surface area contributed by atoms with Gasteiger partial charge in [-0.1, -0.05) is 12.1 Å². The molecular weight excluding hydrogens is 236 g/mol. The van der Waals surface area contributed by atoms with E-state index in [9.17, 15) is 0 Å². The number of nitrogens with two attached hydrogens (primary N) is 1. The maximum Gasteiger partial charge on any atom is 0.123 e. The summed E-state index contributed by atoms with van der Waals surface area (Å²) < 4.78 is 5.50. The Morgan fingerprint density at radius 2 is 1.89 bits per heavy atom. The smallest absolute Gasteiger partial charge is 0.123 e. The van der Waals surface area contributed by atoms with Crippen LogP contribution in [0, 0.1) is 13.8 Å². The summed E-state index contributed by atoms with van der Waals surface area (Å²) in [7, 11) is 0. The largest absolute Gasteiger partial charge is 0.494 e. The van der Waals surface area contributed by atoms with Crippen molar-refractivity contribution in [1.82, 2.24) is 0 Å². The van der Waals surface area contributed by atoms with Gasteiger partial charge in [0.05, 0.1) is 6.61 Å². The number of hydrogen-bond donors (Lipinski definition) is 2. The van der Waals surface area contributed by atoms with Gasteiger partial charge in [0.1, 0.15) is 5.75 Å². The van der Waals surface area contributed by atoms with E-state index >= 15 is 0 Å². The third kappa shape index (κ3) is 3.41. The van der Waals surface area contributed by atoms with Gasteiger partial charge in [0, 0.05) is 29.2 Å². The number of benzene rings is 2. The zero-order valence-corrected chi connectivity index (χ0v) is 11.7. The molecule has 0 aliphatic heterocycles. The first-order chi connectivity index (χ1) is 9.08. The van der Waals surface area contributed by atoms with Crippen molar-refractivity contribution in [3.05, 3.63) is 47.5 Å². The summed E-state index contributed by atoms with van der Waals surface area (Å²) in [5.74, 6) is 0.787. The third-order valence-corrected chi connectivity index (χ3v) is 2.91. The molecule has 100 valence electrons. The van der Waals surface area contributed by atoms with Gasteiger partial charge in [-0.15, -0.1) is 0 Å². The fourth-order valence-corrected chi connectivity index (χ4v) is 1.97. The Morgan fingerprint density at radius 3 is 2.63 bits per heavy atom. The number of ether oxygens (including phenoxy) is 1. The van der Waals surface area contributed by atoms with Crippen LogP contribution < -0.4 is 15.8 Å². The van der Waals surface area contributed by atoms with Crippen molar-refractivity contribution < 1.29 is 4.74 Å². The van der Waals surface area contributed by atoms with Crippen LogP contribution >= 0.6 is 0 Å². The number of nitrogen functional groups attached to an aromatic ring is 1. The second-order valence-electron chi connectivity index (χ2n) is 4.67. The predicted octanol–water partition coefficient (Wildman–Crippen LogP) is 4.03. The maximum absolute atomic E-state index is 5.89. The molecule has 3 nitrogen and oxygen atoms in total. The van der Waals surface area contributed by atoms with Crippen LogP contribution in [-0.2, 0) is 0 Å². The van der Waals surface area contributed by atoms with Crippen LogP contribution in [0.3, 0.4) is 0 Å². The minimum absolute atomic E-state index is 0.631. The Morgan fingerprint density at radius 1 is 1.11 bits per heavy atom. The molecule has 0 radical (unpaired) electrons. The first kappa shape index (κ1) is 13.3. The lowest BCUT2D eigenvalue weighted by atomic mass is 10.1. The Balaban J connectivity index is 2.29. The summed E-state index contributed by atoms with van der Waals surface area (Å²) in [5.41, 5.74) is 11.0. The molecule has 0 aliphatic rings. The summed E-state index contributed by atoms with van der Waals surface area (Å²) in [6.07, 6.45) is 0. The lowest BCUT2D eigenvalue weighted by molar-refractivity contribution is 0.340. The van der Waals surface area contributed by atoms with Crippen molar-refractivity contribution in [3.8, 4) is 5.75 Å². The van der Waals surface area contributed by atoms with E-state index < -0.39 is 0 Å². The Hall–Kier alpha value is -2.16. The molecule has 2 aromatic carbocycles. The third-order valence-electron chi connectivity index (χ3n) is 2.91. The van der Waals surface area contributed by atoms with Crippen molar-refractivity contribution >= 4 is 17.1 Å². The average molecular weight is 256 g/mol. The molecule has 2 aromatic rings. The van der Waals surface area contributed by atoms with Crippen molar-refractivity contribution in [3.63, 3.8) is 0 Å². The molecule has 0 unspecified atom stereocenters. The van der Waals surface area contributed by atoms with E-state index in [1.807, 2.05) is 25.1 Å². The molecule has 0 spiro atoms. The molecule has 19 heavy (non-hydrogen) atoms. The van der Waals surface area contributed by atoms with Crippen molar-refractivity contribution in [2.24, 2.45) is 0 Å². The molecule has 2 rings (SSSR count). The minimum Gasteiger partial charge on any atom is -0.494 e. The van der Waals surface area contributed by atoms with E-state index in [4.69, 9.17) is 10.5 Å². The van der Waals surface area contributed by atoms with Gasteiger partial charge in [-0.25, -0.2) is 0 Å². The highest BCUT2D eigenvalue weighted by molar-refractivity contribution is 5.68. The van der Waals surface area contributed by atoms with Gasteiger partial charge < -0.3 is 15.8 Å². The highest BCUT2D eigenvalue weighted by atomic mass is 16.5. The van der Waals surface area contributed by atoms with Crippen LogP contribution in [0.1, 0.15) is 18.1 Å². The molecule has 3 heteroatoms. The molecule has 0 saturated heterocycles. The first-order valence-electron chi connectivity index (χ1n) is 6.46. The van der Waals surface area contributed by atoms with Crippen LogP contribution in [0.4, 0.5) is 17.1 Å². The van der Waals surface area contributed by atoms with Crippen molar-refractivity contribution in [1.29, 1.82) is 0 Å². The molecule has 0 heterocycles. The van der Waals surface area contributed by atoms with Gasteiger partial charge in [0.25, 0.3) is 0 Å². The lowest BCUT2D eigenvalue weighted by Gasteiger charge is -2.13. The number of aryl methyl sites for hydroxylation is 2. The summed E-state index contributed by atoms with van der Waals surface area (Å²) in [6.45, 7) is 6.75. The molecule has 3 N–H and O–H groups in total. The molecular formula is C16H20N2O. The zero-order valence-electron chi connectivity index (χ0n) is 11.7. The second-order valence-corrected chi connectivity index (χ2v) is 4.67. The first-order valence-corrected chi connectivity index (χ1v) is 6.46. The van der Waals surface area contributed by atoms with Gasteiger partial charge in [-0.3, -0.25) is 0 Å². The summed E-state index contributed by atoms with van der Waals surface area (Å²) >= 11 is 0. The number of anilines is 3. The molecule has 0 aliphatic carbocycles. The summed E-state index contributed by atoms with van der Waals surface area (Å²) in [4.78, 5) is 0. The monoisotopic (exact) mass is 256 g/mol. The van der Waals surface area contributed by atoms with Gasteiger partial charge in [-0.05, 0) is 44.0 Å². The summed E-state index contributed by atoms with van der Waals surface area (Å²) in [6, 6.07) is 12.0. The van der Waals surface area contributed by atoms with Crippen LogP contribution in [0.15, 0.2) is 36.4 Å². The van der Waals surface area contributed by atoms with Crippen LogP contribution in [0.2, 0.25) is 0 Å². The van der Waals surface area contributed by atoms with E-state index in [1.165, 1.54) is 11.1 Å². The highest BCUT2D eigenvalue weighted by Gasteiger charge is 2.03. The Kier molecular flexibility index (Phi) is 3.95. The normalized spacial score (nSPS) is 10.3. The lowest BCUT2D eigenvalue weighted by Crippen LogP contribution is -1.98. The maximum atomic E-state index is 5.89. The molecule has 0 bridgehead atoms. The van der Waals surface area contributed by atoms with E-state index in [-0.39, 0.29) is 0 Å². The number of nitrogens with one attached hydrogen (secondary N) is 1. The number of rotatable bonds is 4. The fourth-order valence-electron chi connectivity index (χ4n) is 1.97. The van der Waals surface area contributed by atoms with Gasteiger partial charge in [-0.2, -0.15) is 0 Å². The zero-order chi connectivity index (χ0) is 13.8. The standard InChI is InChI=1S/C16H20N2O/c1-4-19-15-9-13(17)8-14(10-15)18-16-7-11(2)5-6-12(16)3/h5-10,18H,4,17H2,1-3H3. The highest BCUT2D eigenvalue weighted by Crippen LogP contribution is 2.27. The quantitative estimate of drug-likeness (QED) is 0.812. The van der Waals surface area contributed by atoms with Crippen LogP contribution in [0.25, 0.3) is 0 Å². The van der Waals surface area contributed by atoms with Gasteiger partial charge in [0.15, 0.2) is 0 Å². The molecule has 0 aromatic heterocycles. The van der Waals surface area contributed by atoms with E-state index in [0.29, 0.717) is 12.3 Å². The minimum atomic E-state index is 0.631. The Bertz CT molecular complexity index is 579. The molecule has 0 fully saturated rings. The predicted molar refractivity (Wildman–Crippen MR) is 81.2 cm³/mol. The average Bonchev–Trinajstić information content (AvgIpc) is 2.33. The van der Waals surface area contributed by atoms with E-state index in [0.717, 1.165) is 17.1 Å².